The Morgan fingerprint density at radius 3 is 2.92 bits per heavy atom. The third kappa shape index (κ3) is 3.92. The van der Waals surface area contributed by atoms with Gasteiger partial charge in [-0.2, -0.15) is 0 Å². The van der Waals surface area contributed by atoms with Crippen molar-refractivity contribution in [3.63, 3.8) is 0 Å². The number of carbonyl (C=O) groups is 1. The van der Waals surface area contributed by atoms with Crippen LogP contribution in [0.15, 0.2) is 48.9 Å². The minimum Gasteiger partial charge on any atom is -0.462 e. The van der Waals surface area contributed by atoms with E-state index >= 15 is 0 Å². The first-order valence-corrected chi connectivity index (χ1v) is 7.87. The van der Waals surface area contributed by atoms with Gasteiger partial charge < -0.3 is 15.5 Å². The van der Waals surface area contributed by atoms with Crippen LogP contribution in [0.4, 0.5) is 5.82 Å². The SMILES string of the molecule is CCOC(=O)c1cc(-c2ccnc(C=Cc3cccnc3)c2)[nH]c1N. The second-order valence-corrected chi connectivity index (χ2v) is 5.32. The molecule has 0 amide bonds. The number of hydrogen-bond donors (Lipinski definition) is 2. The number of carbonyl (C=O) groups excluding carboxylic acids is 1. The number of pyridine rings is 2. The van der Waals surface area contributed by atoms with Gasteiger partial charge in [-0.1, -0.05) is 12.1 Å². The maximum atomic E-state index is 11.9. The summed E-state index contributed by atoms with van der Waals surface area (Å²) in [4.78, 5) is 23.3. The van der Waals surface area contributed by atoms with E-state index in [2.05, 4.69) is 15.0 Å². The Kier molecular flexibility index (Phi) is 4.89. The van der Waals surface area contributed by atoms with Crippen LogP contribution < -0.4 is 5.73 Å². The van der Waals surface area contributed by atoms with Crippen LogP contribution in [0.1, 0.15) is 28.5 Å². The third-order valence-electron chi connectivity index (χ3n) is 3.57. The molecule has 0 bridgehead atoms. The van der Waals surface area contributed by atoms with Crippen molar-refractivity contribution in [3.8, 4) is 11.3 Å². The molecular weight excluding hydrogens is 316 g/mol. The number of aromatic amines is 1. The number of nitrogens with one attached hydrogen (secondary N) is 1. The summed E-state index contributed by atoms with van der Waals surface area (Å²) in [7, 11) is 0. The van der Waals surface area contributed by atoms with Crippen LogP contribution in [0, 0.1) is 0 Å². The van der Waals surface area contributed by atoms with Crippen molar-refractivity contribution in [3.05, 3.63) is 65.7 Å². The molecule has 0 aliphatic heterocycles. The normalized spacial score (nSPS) is 10.9. The topological polar surface area (TPSA) is 93.9 Å². The quantitative estimate of drug-likeness (QED) is 0.697. The van der Waals surface area contributed by atoms with Crippen LogP contribution in [0.25, 0.3) is 23.4 Å². The van der Waals surface area contributed by atoms with E-state index in [0.29, 0.717) is 12.2 Å². The number of hydrogen-bond acceptors (Lipinski definition) is 5. The van der Waals surface area contributed by atoms with Gasteiger partial charge in [0.2, 0.25) is 0 Å². The van der Waals surface area contributed by atoms with Crippen molar-refractivity contribution < 1.29 is 9.53 Å². The number of nitrogen functional groups attached to an aromatic ring is 1. The predicted octanol–water partition coefficient (Wildman–Crippen LogP) is 3.40. The van der Waals surface area contributed by atoms with Crippen LogP contribution in [0.2, 0.25) is 0 Å². The minimum atomic E-state index is -0.437. The molecule has 25 heavy (non-hydrogen) atoms. The minimum absolute atomic E-state index is 0.290. The van der Waals surface area contributed by atoms with Gasteiger partial charge in [-0.25, -0.2) is 4.79 Å². The lowest BCUT2D eigenvalue weighted by Crippen LogP contribution is -2.05. The second kappa shape index (κ2) is 7.44. The lowest BCUT2D eigenvalue weighted by Gasteiger charge is -2.00. The Hall–Kier alpha value is -3.41. The molecule has 0 atom stereocenters. The van der Waals surface area contributed by atoms with Gasteiger partial charge >= 0.3 is 5.97 Å². The maximum absolute atomic E-state index is 11.9. The van der Waals surface area contributed by atoms with Crippen LogP contribution in [0.5, 0.6) is 0 Å². The Morgan fingerprint density at radius 2 is 2.16 bits per heavy atom. The standard InChI is InChI=1S/C19H18N4O2/c1-2-25-19(24)16-11-17(23-18(16)20)14-7-9-22-15(10-14)6-5-13-4-3-8-21-12-13/h3-12,23H,2,20H2,1H3. The van der Waals surface area contributed by atoms with Gasteiger partial charge in [0.1, 0.15) is 11.4 Å². The molecule has 3 rings (SSSR count). The molecule has 0 saturated heterocycles. The lowest BCUT2D eigenvalue weighted by molar-refractivity contribution is 0.0528. The molecule has 126 valence electrons. The highest BCUT2D eigenvalue weighted by atomic mass is 16.5. The van der Waals surface area contributed by atoms with Crippen molar-refractivity contribution >= 4 is 23.9 Å². The summed E-state index contributed by atoms with van der Waals surface area (Å²) in [6.45, 7) is 2.06. The highest BCUT2D eigenvalue weighted by molar-refractivity contribution is 5.96. The van der Waals surface area contributed by atoms with E-state index in [-0.39, 0.29) is 5.82 Å². The smallest absolute Gasteiger partial charge is 0.341 e. The Labute approximate surface area is 145 Å². The zero-order chi connectivity index (χ0) is 17.6. The number of H-pyrrole nitrogens is 1. The van der Waals surface area contributed by atoms with Crippen molar-refractivity contribution in [2.45, 2.75) is 6.92 Å². The van der Waals surface area contributed by atoms with Crippen molar-refractivity contribution in [2.75, 3.05) is 12.3 Å². The first-order chi connectivity index (χ1) is 12.2. The average Bonchev–Trinajstić information content (AvgIpc) is 3.03. The molecule has 0 radical (unpaired) electrons. The molecule has 6 heteroatoms. The van der Waals surface area contributed by atoms with Gasteiger partial charge in [0, 0.05) is 29.8 Å². The number of aromatic nitrogens is 3. The molecule has 0 spiro atoms. The van der Waals surface area contributed by atoms with Crippen LogP contribution in [-0.2, 0) is 4.74 Å². The Morgan fingerprint density at radius 1 is 1.28 bits per heavy atom. The largest absolute Gasteiger partial charge is 0.462 e. The molecule has 0 unspecified atom stereocenters. The third-order valence-corrected chi connectivity index (χ3v) is 3.57. The van der Waals surface area contributed by atoms with E-state index in [4.69, 9.17) is 10.5 Å². The zero-order valence-electron chi connectivity index (χ0n) is 13.8. The number of rotatable bonds is 5. The fourth-order valence-electron chi connectivity index (χ4n) is 2.37. The molecule has 6 nitrogen and oxygen atoms in total. The lowest BCUT2D eigenvalue weighted by atomic mass is 10.1. The van der Waals surface area contributed by atoms with Crippen LogP contribution >= 0.6 is 0 Å². The van der Waals surface area contributed by atoms with Gasteiger partial charge in [-0.3, -0.25) is 9.97 Å². The number of anilines is 1. The Bertz CT molecular complexity index is 901. The monoisotopic (exact) mass is 334 g/mol. The summed E-state index contributed by atoms with van der Waals surface area (Å²) >= 11 is 0. The van der Waals surface area contributed by atoms with E-state index in [9.17, 15) is 4.79 Å². The van der Waals surface area contributed by atoms with Crippen LogP contribution in [0.3, 0.4) is 0 Å². The molecule has 0 saturated carbocycles. The fraction of sp³-hybridized carbons (Fsp3) is 0.105. The summed E-state index contributed by atoms with van der Waals surface area (Å²) in [5.74, 6) is -0.147. The maximum Gasteiger partial charge on any atom is 0.341 e. The predicted molar refractivity (Wildman–Crippen MR) is 97.6 cm³/mol. The molecule has 0 fully saturated rings. The van der Waals surface area contributed by atoms with Gasteiger partial charge in [0.05, 0.1) is 12.3 Å². The van der Waals surface area contributed by atoms with Crippen molar-refractivity contribution in [1.29, 1.82) is 0 Å². The molecule has 0 aromatic carbocycles. The Balaban J connectivity index is 1.86. The summed E-state index contributed by atoms with van der Waals surface area (Å²) < 4.78 is 5.00. The van der Waals surface area contributed by atoms with E-state index in [1.807, 2.05) is 36.4 Å². The van der Waals surface area contributed by atoms with E-state index < -0.39 is 5.97 Å². The molecule has 3 aromatic heterocycles. The van der Waals surface area contributed by atoms with Crippen molar-refractivity contribution in [2.24, 2.45) is 0 Å². The molecule has 0 aliphatic rings. The first-order valence-electron chi connectivity index (χ1n) is 7.87. The molecular formula is C19H18N4O2. The molecule has 0 aliphatic carbocycles. The summed E-state index contributed by atoms with van der Waals surface area (Å²) in [5, 5.41) is 0. The zero-order valence-corrected chi connectivity index (χ0v) is 13.8. The highest BCUT2D eigenvalue weighted by Crippen LogP contribution is 2.24. The van der Waals surface area contributed by atoms with Gasteiger partial charge in [-0.15, -0.1) is 0 Å². The van der Waals surface area contributed by atoms with Gasteiger partial charge in [-0.05, 0) is 42.8 Å². The summed E-state index contributed by atoms with van der Waals surface area (Å²) in [5.41, 5.74) is 9.61. The number of nitrogens with zero attached hydrogens (tertiary/aromatic N) is 2. The van der Waals surface area contributed by atoms with Crippen molar-refractivity contribution in [1.82, 2.24) is 15.0 Å². The molecule has 3 heterocycles. The summed E-state index contributed by atoms with van der Waals surface area (Å²) in [6, 6.07) is 9.29. The van der Waals surface area contributed by atoms with Crippen LogP contribution in [-0.4, -0.2) is 27.5 Å². The summed E-state index contributed by atoms with van der Waals surface area (Å²) in [6.07, 6.45) is 9.05. The first kappa shape index (κ1) is 16.4. The highest BCUT2D eigenvalue weighted by Gasteiger charge is 2.15. The second-order valence-electron chi connectivity index (χ2n) is 5.32. The van der Waals surface area contributed by atoms with E-state index in [1.165, 1.54) is 0 Å². The molecule has 3 N–H and O–H groups in total. The van der Waals surface area contributed by atoms with E-state index in [1.54, 1.807) is 31.6 Å². The number of esters is 1. The molecule has 3 aromatic rings. The average molecular weight is 334 g/mol. The number of ether oxygens (including phenoxy) is 1. The fourth-order valence-corrected chi connectivity index (χ4v) is 2.37. The van der Waals surface area contributed by atoms with E-state index in [0.717, 1.165) is 22.5 Å². The van der Waals surface area contributed by atoms with Gasteiger partial charge in [0.15, 0.2) is 0 Å². The number of nitrogens with two attached hydrogens (primary N) is 1. The van der Waals surface area contributed by atoms with Gasteiger partial charge in [0.25, 0.3) is 0 Å².